The number of carboxylic acid groups (broad SMARTS) is 1. The van der Waals surface area contributed by atoms with Crippen LogP contribution in [0.4, 0.5) is 4.79 Å². The minimum absolute atomic E-state index is 0.0234. The van der Waals surface area contributed by atoms with Gasteiger partial charge in [0.1, 0.15) is 6.54 Å². The molecular weight excluding hydrogens is 396 g/mol. The van der Waals surface area contributed by atoms with Crippen molar-refractivity contribution >= 4 is 29.6 Å². The maximum Gasteiger partial charge on any atom is 0.323 e. The summed E-state index contributed by atoms with van der Waals surface area (Å²) in [6, 6.07) is 14.0. The molecule has 0 spiro atoms. The van der Waals surface area contributed by atoms with Crippen molar-refractivity contribution in [2.75, 3.05) is 13.2 Å². The number of urea groups is 1. The van der Waals surface area contributed by atoms with Crippen LogP contribution in [0.1, 0.15) is 18.9 Å². The van der Waals surface area contributed by atoms with Gasteiger partial charge in [-0.05, 0) is 42.2 Å². The Morgan fingerprint density at radius 2 is 1.83 bits per heavy atom. The molecular formula is C21H23ClN2O5. The average molecular weight is 419 g/mol. The van der Waals surface area contributed by atoms with Crippen LogP contribution in [0.25, 0.3) is 11.1 Å². The van der Waals surface area contributed by atoms with Gasteiger partial charge in [0.05, 0.1) is 13.0 Å². The van der Waals surface area contributed by atoms with Gasteiger partial charge in [-0.1, -0.05) is 48.0 Å². The van der Waals surface area contributed by atoms with Crippen molar-refractivity contribution in [3.8, 4) is 11.1 Å². The zero-order chi connectivity index (χ0) is 21.2. The molecule has 0 bridgehead atoms. The molecule has 0 aliphatic carbocycles. The van der Waals surface area contributed by atoms with Crippen molar-refractivity contribution in [2.24, 2.45) is 0 Å². The van der Waals surface area contributed by atoms with Crippen LogP contribution in [0.5, 0.6) is 0 Å². The van der Waals surface area contributed by atoms with E-state index in [1.807, 2.05) is 42.5 Å². The van der Waals surface area contributed by atoms with Crippen LogP contribution < -0.4 is 10.6 Å². The molecule has 2 amide bonds. The molecule has 3 N–H and O–H groups in total. The molecule has 1 atom stereocenters. The van der Waals surface area contributed by atoms with Gasteiger partial charge in [-0.3, -0.25) is 9.59 Å². The van der Waals surface area contributed by atoms with Crippen molar-refractivity contribution < 1.29 is 24.2 Å². The molecule has 0 aromatic heterocycles. The molecule has 0 fully saturated rings. The second-order valence-electron chi connectivity index (χ2n) is 6.34. The van der Waals surface area contributed by atoms with Crippen molar-refractivity contribution in [2.45, 2.75) is 25.8 Å². The van der Waals surface area contributed by atoms with E-state index in [0.29, 0.717) is 11.4 Å². The van der Waals surface area contributed by atoms with Crippen LogP contribution in [0.3, 0.4) is 0 Å². The number of hydrogen-bond acceptors (Lipinski definition) is 4. The lowest BCUT2D eigenvalue weighted by Crippen LogP contribution is -2.45. The summed E-state index contributed by atoms with van der Waals surface area (Å²) < 4.78 is 4.96. The Morgan fingerprint density at radius 1 is 1.10 bits per heavy atom. The molecule has 2 rings (SSSR count). The van der Waals surface area contributed by atoms with Crippen LogP contribution in [0.2, 0.25) is 5.02 Å². The first-order valence-corrected chi connectivity index (χ1v) is 9.51. The SMILES string of the molecule is CCOC(=O)CC(Cc1ccc(-c2cccc(Cl)c2)cc1)NC(=O)NCC(=O)O. The second kappa shape index (κ2) is 11.1. The summed E-state index contributed by atoms with van der Waals surface area (Å²) in [6.45, 7) is 1.44. The van der Waals surface area contributed by atoms with Gasteiger partial charge >= 0.3 is 18.0 Å². The largest absolute Gasteiger partial charge is 0.480 e. The monoisotopic (exact) mass is 418 g/mol. The molecule has 0 radical (unpaired) electrons. The number of hydrogen-bond donors (Lipinski definition) is 3. The van der Waals surface area contributed by atoms with Gasteiger partial charge in [-0.2, -0.15) is 0 Å². The smallest absolute Gasteiger partial charge is 0.323 e. The maximum absolute atomic E-state index is 11.9. The summed E-state index contributed by atoms with van der Waals surface area (Å²) in [7, 11) is 0. The van der Waals surface area contributed by atoms with E-state index in [4.69, 9.17) is 21.4 Å². The van der Waals surface area contributed by atoms with E-state index in [9.17, 15) is 14.4 Å². The zero-order valence-electron chi connectivity index (χ0n) is 16.0. The zero-order valence-corrected chi connectivity index (χ0v) is 16.7. The van der Waals surface area contributed by atoms with E-state index >= 15 is 0 Å². The fraction of sp³-hybridized carbons (Fsp3) is 0.286. The van der Waals surface area contributed by atoms with E-state index in [1.165, 1.54) is 0 Å². The van der Waals surface area contributed by atoms with Crippen molar-refractivity contribution in [1.29, 1.82) is 0 Å². The molecule has 0 aliphatic heterocycles. The highest BCUT2D eigenvalue weighted by Gasteiger charge is 2.18. The highest BCUT2D eigenvalue weighted by molar-refractivity contribution is 6.30. The van der Waals surface area contributed by atoms with E-state index in [-0.39, 0.29) is 13.0 Å². The number of carbonyl (C=O) groups excluding carboxylic acids is 2. The van der Waals surface area contributed by atoms with E-state index in [2.05, 4.69) is 10.6 Å². The fourth-order valence-electron chi connectivity index (χ4n) is 2.77. The van der Waals surface area contributed by atoms with Crippen LogP contribution >= 0.6 is 11.6 Å². The molecule has 2 aromatic carbocycles. The average Bonchev–Trinajstić information content (AvgIpc) is 2.67. The van der Waals surface area contributed by atoms with Gasteiger partial charge in [0.25, 0.3) is 0 Å². The maximum atomic E-state index is 11.9. The first-order valence-electron chi connectivity index (χ1n) is 9.14. The predicted molar refractivity (Wildman–Crippen MR) is 110 cm³/mol. The number of carbonyl (C=O) groups is 3. The van der Waals surface area contributed by atoms with Gasteiger partial charge in [0.15, 0.2) is 0 Å². The van der Waals surface area contributed by atoms with E-state index < -0.39 is 30.6 Å². The molecule has 8 heteroatoms. The summed E-state index contributed by atoms with van der Waals surface area (Å²) >= 11 is 6.04. The highest BCUT2D eigenvalue weighted by Crippen LogP contribution is 2.23. The van der Waals surface area contributed by atoms with Crippen molar-refractivity contribution in [3.05, 3.63) is 59.1 Å². The number of esters is 1. The van der Waals surface area contributed by atoms with Crippen LogP contribution in [0.15, 0.2) is 48.5 Å². The Balaban J connectivity index is 2.07. The summed E-state index contributed by atoms with van der Waals surface area (Å²) in [5.74, 6) is -1.59. The normalized spacial score (nSPS) is 11.4. The molecule has 0 heterocycles. The summed E-state index contributed by atoms with van der Waals surface area (Å²) in [5.41, 5.74) is 2.88. The fourth-order valence-corrected chi connectivity index (χ4v) is 2.96. The van der Waals surface area contributed by atoms with Crippen LogP contribution in [-0.4, -0.2) is 42.3 Å². The van der Waals surface area contributed by atoms with Gasteiger partial charge in [0.2, 0.25) is 0 Å². The minimum atomic E-state index is -1.15. The third kappa shape index (κ3) is 7.83. The Kier molecular flexibility index (Phi) is 8.48. The number of amides is 2. The lowest BCUT2D eigenvalue weighted by molar-refractivity contribution is -0.143. The molecule has 154 valence electrons. The first-order chi connectivity index (χ1) is 13.9. The molecule has 2 aromatic rings. The van der Waals surface area contributed by atoms with Crippen LogP contribution in [-0.2, 0) is 20.7 Å². The molecule has 0 saturated carbocycles. The number of nitrogens with one attached hydrogen (secondary N) is 2. The molecule has 0 saturated heterocycles. The second-order valence-corrected chi connectivity index (χ2v) is 6.77. The van der Waals surface area contributed by atoms with Gasteiger partial charge in [-0.15, -0.1) is 0 Å². The van der Waals surface area contributed by atoms with Crippen molar-refractivity contribution in [3.63, 3.8) is 0 Å². The first kappa shape index (κ1) is 22.2. The topological polar surface area (TPSA) is 105 Å². The van der Waals surface area contributed by atoms with Crippen molar-refractivity contribution in [1.82, 2.24) is 10.6 Å². The van der Waals surface area contributed by atoms with Gasteiger partial charge in [-0.25, -0.2) is 4.79 Å². The lowest BCUT2D eigenvalue weighted by Gasteiger charge is -2.18. The predicted octanol–water partition coefficient (Wildman–Crippen LogP) is 3.26. The molecule has 0 aliphatic rings. The van der Waals surface area contributed by atoms with Gasteiger partial charge in [0, 0.05) is 11.1 Å². The Bertz CT molecular complexity index is 854. The minimum Gasteiger partial charge on any atom is -0.480 e. The lowest BCUT2D eigenvalue weighted by atomic mass is 9.99. The summed E-state index contributed by atoms with van der Waals surface area (Å²) in [6.07, 6.45) is 0.361. The number of ether oxygens (including phenoxy) is 1. The van der Waals surface area contributed by atoms with Gasteiger partial charge < -0.3 is 20.5 Å². The summed E-state index contributed by atoms with van der Waals surface area (Å²) in [5, 5.41) is 14.2. The number of benzene rings is 2. The Hall–Kier alpha value is -3.06. The Labute approximate surface area is 174 Å². The number of halogens is 1. The Morgan fingerprint density at radius 3 is 2.45 bits per heavy atom. The number of carboxylic acids is 1. The number of rotatable bonds is 9. The van der Waals surface area contributed by atoms with E-state index in [0.717, 1.165) is 16.7 Å². The third-order valence-electron chi connectivity index (χ3n) is 4.05. The molecule has 29 heavy (non-hydrogen) atoms. The molecule has 7 nitrogen and oxygen atoms in total. The standard InChI is InChI=1S/C21H23ClN2O5/c1-2-29-20(27)12-18(24-21(28)23-13-19(25)26)10-14-6-8-15(9-7-14)16-4-3-5-17(22)11-16/h3-9,11,18H,2,10,12-13H2,1H3,(H,25,26)(H2,23,24,28). The molecule has 1 unspecified atom stereocenters. The number of aliphatic carboxylic acids is 1. The highest BCUT2D eigenvalue weighted by atomic mass is 35.5. The van der Waals surface area contributed by atoms with E-state index in [1.54, 1.807) is 13.0 Å². The third-order valence-corrected chi connectivity index (χ3v) is 4.28. The van der Waals surface area contributed by atoms with Crippen LogP contribution in [0, 0.1) is 0 Å². The summed E-state index contributed by atoms with van der Waals surface area (Å²) in [4.78, 5) is 34.4. The quantitative estimate of drug-likeness (QED) is 0.542.